The molecule has 1 aromatic rings. The predicted octanol–water partition coefficient (Wildman–Crippen LogP) is 0.677. The van der Waals surface area contributed by atoms with Crippen molar-refractivity contribution in [3.8, 4) is 0 Å². The van der Waals surface area contributed by atoms with Crippen molar-refractivity contribution < 1.29 is 14.3 Å². The van der Waals surface area contributed by atoms with Crippen molar-refractivity contribution in [2.45, 2.75) is 25.0 Å². The number of rotatable bonds is 4. The smallest absolute Gasteiger partial charge is 0.226 e. The lowest BCUT2D eigenvalue weighted by Crippen LogP contribution is -2.53. The van der Waals surface area contributed by atoms with Gasteiger partial charge in [0.05, 0.1) is 24.9 Å². The van der Waals surface area contributed by atoms with E-state index in [-0.39, 0.29) is 24.0 Å². The van der Waals surface area contributed by atoms with Gasteiger partial charge in [-0.15, -0.1) is 0 Å². The Kier molecular flexibility index (Phi) is 5.53. The quantitative estimate of drug-likeness (QED) is 0.809. The van der Waals surface area contributed by atoms with Crippen LogP contribution < -0.4 is 0 Å². The number of aromatic nitrogens is 2. The molecule has 0 saturated carbocycles. The number of carbonyl (C=O) groups excluding carboxylic acids is 1. The predicted molar refractivity (Wildman–Crippen MR) is 89.5 cm³/mol. The topological polar surface area (TPSA) is 59.8 Å². The number of hydrogen-bond acceptors (Lipinski definition) is 5. The largest absolute Gasteiger partial charge is 0.381 e. The van der Waals surface area contributed by atoms with Crippen LogP contribution in [0.15, 0.2) is 12.4 Å². The molecule has 0 N–H and O–H groups in total. The van der Waals surface area contributed by atoms with Crippen LogP contribution in [0.2, 0.25) is 0 Å². The first-order valence-corrected chi connectivity index (χ1v) is 8.69. The second kappa shape index (κ2) is 7.63. The highest BCUT2D eigenvalue weighted by Crippen LogP contribution is 2.32. The molecule has 0 aliphatic carbocycles. The van der Waals surface area contributed by atoms with Crippen molar-refractivity contribution in [1.29, 1.82) is 0 Å². The maximum atomic E-state index is 13.1. The summed E-state index contributed by atoms with van der Waals surface area (Å²) in [5.41, 5.74) is 1.05. The van der Waals surface area contributed by atoms with Gasteiger partial charge in [0.2, 0.25) is 5.91 Å². The average molecular weight is 336 g/mol. The standard InChI is InChI=1S/C17H28N4O3/c1-19(2)12-15-16(14-10-18-20(3)11-14)21(6-9-24-15)17(22)13-4-7-23-8-5-13/h10-11,13,15-16H,4-9,12H2,1-3H3/t15-,16-/m0/s1. The second-order valence-corrected chi connectivity index (χ2v) is 6.98. The van der Waals surface area contributed by atoms with Crippen LogP contribution in [0, 0.1) is 5.92 Å². The molecule has 0 spiro atoms. The number of hydrogen-bond donors (Lipinski definition) is 0. The zero-order chi connectivity index (χ0) is 17.1. The van der Waals surface area contributed by atoms with E-state index in [0.717, 1.165) is 24.9 Å². The van der Waals surface area contributed by atoms with Gasteiger partial charge in [-0.05, 0) is 26.9 Å². The molecule has 2 aliphatic rings. The average Bonchev–Trinajstić information content (AvgIpc) is 3.00. The molecule has 3 rings (SSSR count). The summed E-state index contributed by atoms with van der Waals surface area (Å²) < 4.78 is 13.2. The van der Waals surface area contributed by atoms with Crippen molar-refractivity contribution in [2.24, 2.45) is 13.0 Å². The third-order valence-electron chi connectivity index (χ3n) is 4.82. The van der Waals surface area contributed by atoms with Gasteiger partial charge in [-0.25, -0.2) is 0 Å². The highest BCUT2D eigenvalue weighted by atomic mass is 16.5. The van der Waals surface area contributed by atoms with E-state index in [4.69, 9.17) is 9.47 Å². The fraction of sp³-hybridized carbons (Fsp3) is 0.765. The van der Waals surface area contributed by atoms with Crippen LogP contribution in [0.5, 0.6) is 0 Å². The van der Waals surface area contributed by atoms with Crippen molar-refractivity contribution in [1.82, 2.24) is 19.6 Å². The SMILES string of the molecule is CN(C)C[C@@H]1OCCN(C(=O)C2CCOCC2)[C@H]1c1cnn(C)c1. The number of likely N-dealkylation sites (N-methyl/N-ethyl adjacent to an activating group) is 1. The molecule has 0 bridgehead atoms. The molecule has 2 atom stereocenters. The molecule has 1 amide bonds. The Bertz CT molecular complexity index is 554. The lowest BCUT2D eigenvalue weighted by molar-refractivity contribution is -0.155. The number of morpholine rings is 1. The van der Waals surface area contributed by atoms with Gasteiger partial charge in [0.15, 0.2) is 0 Å². The summed E-state index contributed by atoms with van der Waals surface area (Å²) >= 11 is 0. The summed E-state index contributed by atoms with van der Waals surface area (Å²) in [6, 6.07) is -0.0785. The zero-order valence-electron chi connectivity index (χ0n) is 14.9. The number of aryl methyl sites for hydroxylation is 1. The molecule has 134 valence electrons. The molecule has 0 aromatic carbocycles. The minimum absolute atomic E-state index is 0.0401. The Hall–Kier alpha value is -1.44. The Morgan fingerprint density at radius 3 is 2.71 bits per heavy atom. The third-order valence-corrected chi connectivity index (χ3v) is 4.82. The number of ether oxygens (including phenoxy) is 2. The zero-order valence-corrected chi connectivity index (χ0v) is 14.9. The molecule has 2 saturated heterocycles. The van der Waals surface area contributed by atoms with E-state index in [0.29, 0.717) is 26.4 Å². The minimum atomic E-state index is -0.0785. The summed E-state index contributed by atoms with van der Waals surface area (Å²) in [6.45, 7) is 3.36. The van der Waals surface area contributed by atoms with Crippen LogP contribution >= 0.6 is 0 Å². The molecule has 0 radical (unpaired) electrons. The van der Waals surface area contributed by atoms with Crippen LogP contribution in [0.3, 0.4) is 0 Å². The molecule has 2 aliphatic heterocycles. The van der Waals surface area contributed by atoms with Gasteiger partial charge in [-0.2, -0.15) is 5.10 Å². The minimum Gasteiger partial charge on any atom is -0.381 e. The molecule has 2 fully saturated rings. The maximum Gasteiger partial charge on any atom is 0.226 e. The summed E-state index contributed by atoms with van der Waals surface area (Å²) in [6.07, 6.45) is 5.43. The van der Waals surface area contributed by atoms with Gasteiger partial charge in [0.1, 0.15) is 0 Å². The van der Waals surface area contributed by atoms with Crippen molar-refractivity contribution >= 4 is 5.91 Å². The van der Waals surface area contributed by atoms with Gasteiger partial charge in [0.25, 0.3) is 0 Å². The monoisotopic (exact) mass is 336 g/mol. The van der Waals surface area contributed by atoms with Crippen LogP contribution in [0.25, 0.3) is 0 Å². The van der Waals surface area contributed by atoms with Gasteiger partial charge in [-0.3, -0.25) is 9.48 Å². The Balaban J connectivity index is 1.85. The summed E-state index contributed by atoms with van der Waals surface area (Å²) in [4.78, 5) is 17.3. The van der Waals surface area contributed by atoms with Crippen molar-refractivity contribution in [3.05, 3.63) is 18.0 Å². The summed E-state index contributed by atoms with van der Waals surface area (Å²) in [7, 11) is 5.96. The van der Waals surface area contributed by atoms with Crippen molar-refractivity contribution in [2.75, 3.05) is 47.0 Å². The number of nitrogens with zero attached hydrogens (tertiary/aromatic N) is 4. The Morgan fingerprint density at radius 1 is 1.33 bits per heavy atom. The van der Waals surface area contributed by atoms with E-state index in [9.17, 15) is 4.79 Å². The Labute approximate surface area is 143 Å². The third kappa shape index (κ3) is 3.79. The first kappa shape index (κ1) is 17.4. The molecule has 7 nitrogen and oxygen atoms in total. The van der Waals surface area contributed by atoms with Gasteiger partial charge < -0.3 is 19.3 Å². The first-order chi connectivity index (χ1) is 11.6. The van der Waals surface area contributed by atoms with Crippen LogP contribution in [0.1, 0.15) is 24.4 Å². The summed E-state index contributed by atoms with van der Waals surface area (Å²) in [5.74, 6) is 0.301. The molecule has 24 heavy (non-hydrogen) atoms. The molecule has 0 unspecified atom stereocenters. The molecular weight excluding hydrogens is 308 g/mol. The molecule has 1 aromatic heterocycles. The van der Waals surface area contributed by atoms with Crippen LogP contribution in [-0.2, 0) is 21.3 Å². The van der Waals surface area contributed by atoms with E-state index in [2.05, 4.69) is 10.00 Å². The van der Waals surface area contributed by atoms with Crippen LogP contribution in [-0.4, -0.2) is 78.6 Å². The van der Waals surface area contributed by atoms with Gasteiger partial charge in [-0.1, -0.05) is 0 Å². The molecule has 7 heteroatoms. The lowest BCUT2D eigenvalue weighted by atomic mass is 9.94. The van der Waals surface area contributed by atoms with E-state index in [1.165, 1.54) is 0 Å². The fourth-order valence-electron chi connectivity index (χ4n) is 3.66. The van der Waals surface area contributed by atoms with Gasteiger partial charge in [0, 0.05) is 51.0 Å². The second-order valence-electron chi connectivity index (χ2n) is 6.98. The maximum absolute atomic E-state index is 13.1. The van der Waals surface area contributed by atoms with Crippen LogP contribution in [0.4, 0.5) is 0 Å². The van der Waals surface area contributed by atoms with E-state index in [1.807, 2.05) is 38.4 Å². The molecular formula is C17H28N4O3. The van der Waals surface area contributed by atoms with E-state index < -0.39 is 0 Å². The highest BCUT2D eigenvalue weighted by molar-refractivity contribution is 5.79. The normalized spacial score (nSPS) is 26.1. The molecule has 3 heterocycles. The number of carbonyl (C=O) groups is 1. The number of amides is 1. The lowest BCUT2D eigenvalue weighted by Gasteiger charge is -2.43. The fourth-order valence-corrected chi connectivity index (χ4v) is 3.66. The van der Waals surface area contributed by atoms with Gasteiger partial charge >= 0.3 is 0 Å². The van der Waals surface area contributed by atoms with Crippen molar-refractivity contribution in [3.63, 3.8) is 0 Å². The van der Waals surface area contributed by atoms with E-state index in [1.54, 1.807) is 4.68 Å². The highest BCUT2D eigenvalue weighted by Gasteiger charge is 2.39. The van der Waals surface area contributed by atoms with E-state index >= 15 is 0 Å². The first-order valence-electron chi connectivity index (χ1n) is 8.69. The summed E-state index contributed by atoms with van der Waals surface area (Å²) in [5, 5.41) is 4.30. The Morgan fingerprint density at radius 2 is 2.08 bits per heavy atom.